The zero-order chi connectivity index (χ0) is 17.8. The van der Waals surface area contributed by atoms with E-state index in [9.17, 15) is 9.59 Å². The molecular formula is C20H20O5. The lowest BCUT2D eigenvalue weighted by Gasteiger charge is -2.27. The normalized spacial score (nSPS) is 20.1. The van der Waals surface area contributed by atoms with Gasteiger partial charge in [0.1, 0.15) is 17.4 Å². The van der Waals surface area contributed by atoms with Gasteiger partial charge in [-0.2, -0.15) is 0 Å². The van der Waals surface area contributed by atoms with Gasteiger partial charge in [-0.15, -0.1) is 0 Å². The summed E-state index contributed by atoms with van der Waals surface area (Å²) in [5.74, 6) is -0.628. The van der Waals surface area contributed by atoms with E-state index in [0.29, 0.717) is 12.2 Å². The molecule has 1 aliphatic rings. The molecule has 0 saturated carbocycles. The van der Waals surface area contributed by atoms with Gasteiger partial charge in [-0.25, -0.2) is 0 Å². The first-order valence-electron chi connectivity index (χ1n) is 8.23. The maximum atomic E-state index is 12.7. The maximum absolute atomic E-state index is 12.7. The SMILES string of the molecule is CCOC(=O)[C@H]1C(=O)C=C(c2ccc(OC)cc2)C[C@@H]1c1ccco1. The van der Waals surface area contributed by atoms with E-state index in [2.05, 4.69) is 0 Å². The van der Waals surface area contributed by atoms with Crippen LogP contribution in [0.15, 0.2) is 53.2 Å². The molecule has 0 amide bonds. The smallest absolute Gasteiger partial charge is 0.317 e. The third kappa shape index (κ3) is 3.50. The van der Waals surface area contributed by atoms with E-state index < -0.39 is 11.9 Å². The molecule has 0 spiro atoms. The number of hydrogen-bond donors (Lipinski definition) is 0. The van der Waals surface area contributed by atoms with Gasteiger partial charge >= 0.3 is 5.97 Å². The summed E-state index contributed by atoms with van der Waals surface area (Å²) < 4.78 is 15.8. The van der Waals surface area contributed by atoms with Crippen molar-refractivity contribution in [3.8, 4) is 5.75 Å². The van der Waals surface area contributed by atoms with Crippen molar-refractivity contribution in [2.75, 3.05) is 13.7 Å². The number of hydrogen-bond acceptors (Lipinski definition) is 5. The summed E-state index contributed by atoms with van der Waals surface area (Å²) in [6.07, 6.45) is 3.62. The van der Waals surface area contributed by atoms with Crippen LogP contribution >= 0.6 is 0 Å². The van der Waals surface area contributed by atoms with Crippen LogP contribution in [0.3, 0.4) is 0 Å². The van der Waals surface area contributed by atoms with E-state index in [1.807, 2.05) is 24.3 Å². The summed E-state index contributed by atoms with van der Waals surface area (Å²) in [4.78, 5) is 25.0. The summed E-state index contributed by atoms with van der Waals surface area (Å²) in [7, 11) is 1.61. The molecule has 3 rings (SSSR count). The minimum Gasteiger partial charge on any atom is -0.497 e. The van der Waals surface area contributed by atoms with E-state index >= 15 is 0 Å². The highest BCUT2D eigenvalue weighted by atomic mass is 16.5. The lowest BCUT2D eigenvalue weighted by atomic mass is 9.76. The number of esters is 1. The zero-order valence-electron chi connectivity index (χ0n) is 14.2. The molecule has 0 bridgehead atoms. The van der Waals surface area contributed by atoms with Crippen LogP contribution < -0.4 is 4.74 Å². The predicted octanol–water partition coefficient (Wildman–Crippen LogP) is 3.61. The Morgan fingerprint density at radius 3 is 2.60 bits per heavy atom. The number of carbonyl (C=O) groups excluding carboxylic acids is 2. The van der Waals surface area contributed by atoms with Crippen molar-refractivity contribution in [1.82, 2.24) is 0 Å². The first-order chi connectivity index (χ1) is 12.1. The second-order valence-corrected chi connectivity index (χ2v) is 5.86. The number of benzene rings is 1. The van der Waals surface area contributed by atoms with Crippen LogP contribution in [0.1, 0.15) is 30.6 Å². The molecular weight excluding hydrogens is 320 g/mol. The number of furan rings is 1. The molecule has 25 heavy (non-hydrogen) atoms. The monoisotopic (exact) mass is 340 g/mol. The minimum atomic E-state index is -0.868. The van der Waals surface area contributed by atoms with E-state index in [0.717, 1.165) is 16.9 Å². The third-order valence-electron chi connectivity index (χ3n) is 4.38. The number of carbonyl (C=O) groups is 2. The Morgan fingerprint density at radius 1 is 1.24 bits per heavy atom. The summed E-state index contributed by atoms with van der Waals surface area (Å²) in [5, 5.41) is 0. The fourth-order valence-electron chi connectivity index (χ4n) is 3.16. The van der Waals surface area contributed by atoms with Crippen LogP contribution in [0.25, 0.3) is 5.57 Å². The second kappa shape index (κ2) is 7.38. The van der Waals surface area contributed by atoms with Crippen LogP contribution in [-0.2, 0) is 14.3 Å². The fourth-order valence-corrected chi connectivity index (χ4v) is 3.16. The lowest BCUT2D eigenvalue weighted by molar-refractivity contribution is -0.151. The summed E-state index contributed by atoms with van der Waals surface area (Å²) in [6, 6.07) is 11.1. The molecule has 1 heterocycles. The van der Waals surface area contributed by atoms with Crippen LogP contribution in [-0.4, -0.2) is 25.5 Å². The summed E-state index contributed by atoms with van der Waals surface area (Å²) >= 11 is 0. The average molecular weight is 340 g/mol. The molecule has 0 aliphatic heterocycles. The number of ether oxygens (including phenoxy) is 2. The molecule has 1 aliphatic carbocycles. The first kappa shape index (κ1) is 17.0. The van der Waals surface area contributed by atoms with Gasteiger partial charge < -0.3 is 13.9 Å². The van der Waals surface area contributed by atoms with Crippen molar-refractivity contribution in [3.05, 3.63) is 60.1 Å². The molecule has 2 atom stereocenters. The van der Waals surface area contributed by atoms with Gasteiger partial charge in [0.2, 0.25) is 0 Å². The van der Waals surface area contributed by atoms with Gasteiger partial charge in [0.15, 0.2) is 5.78 Å². The highest BCUT2D eigenvalue weighted by Gasteiger charge is 2.41. The Balaban J connectivity index is 1.96. The largest absolute Gasteiger partial charge is 0.497 e. The van der Waals surface area contributed by atoms with Gasteiger partial charge in [-0.3, -0.25) is 9.59 Å². The van der Waals surface area contributed by atoms with E-state index in [-0.39, 0.29) is 18.3 Å². The molecule has 1 aromatic carbocycles. The van der Waals surface area contributed by atoms with E-state index in [4.69, 9.17) is 13.9 Å². The fraction of sp³-hybridized carbons (Fsp3) is 0.300. The molecule has 0 N–H and O–H groups in total. The molecule has 5 heteroatoms. The summed E-state index contributed by atoms with van der Waals surface area (Å²) in [6.45, 7) is 1.97. The number of allylic oxidation sites excluding steroid dienone is 2. The molecule has 2 aromatic rings. The Bertz CT molecular complexity index is 771. The Hall–Kier alpha value is -2.82. The van der Waals surface area contributed by atoms with Crippen molar-refractivity contribution in [1.29, 1.82) is 0 Å². The van der Waals surface area contributed by atoms with E-state index in [1.165, 1.54) is 0 Å². The quantitative estimate of drug-likeness (QED) is 0.614. The number of ketones is 1. The molecule has 0 radical (unpaired) electrons. The molecule has 0 unspecified atom stereocenters. The van der Waals surface area contributed by atoms with Crippen molar-refractivity contribution >= 4 is 17.3 Å². The van der Waals surface area contributed by atoms with Gasteiger partial charge in [-0.05, 0) is 54.8 Å². The zero-order valence-corrected chi connectivity index (χ0v) is 14.2. The van der Waals surface area contributed by atoms with Crippen molar-refractivity contribution < 1.29 is 23.5 Å². The molecule has 130 valence electrons. The first-order valence-corrected chi connectivity index (χ1v) is 8.23. The Labute approximate surface area is 146 Å². The molecule has 5 nitrogen and oxygen atoms in total. The second-order valence-electron chi connectivity index (χ2n) is 5.86. The molecule has 0 fully saturated rings. The third-order valence-corrected chi connectivity index (χ3v) is 4.38. The predicted molar refractivity (Wildman–Crippen MR) is 92.2 cm³/mol. The van der Waals surface area contributed by atoms with Gasteiger partial charge in [0.05, 0.1) is 20.0 Å². The van der Waals surface area contributed by atoms with Crippen LogP contribution in [0.2, 0.25) is 0 Å². The average Bonchev–Trinajstić information content (AvgIpc) is 3.16. The van der Waals surface area contributed by atoms with Gasteiger partial charge in [0, 0.05) is 5.92 Å². The maximum Gasteiger partial charge on any atom is 0.317 e. The highest BCUT2D eigenvalue weighted by molar-refractivity contribution is 6.10. The number of methoxy groups -OCH3 is 1. The standard InChI is InChI=1S/C20H20O5/c1-3-24-20(22)19-16(18-5-4-10-25-18)11-14(12-17(19)21)13-6-8-15(23-2)9-7-13/h4-10,12,16,19H,3,11H2,1-2H3/t16-,19-/m1/s1. The molecule has 1 aromatic heterocycles. The highest BCUT2D eigenvalue weighted by Crippen LogP contribution is 2.40. The van der Waals surface area contributed by atoms with E-state index in [1.54, 1.807) is 38.5 Å². The topological polar surface area (TPSA) is 65.7 Å². The van der Waals surface area contributed by atoms with Crippen molar-refractivity contribution in [2.45, 2.75) is 19.3 Å². The minimum absolute atomic E-state index is 0.239. The van der Waals surface area contributed by atoms with Gasteiger partial charge in [-0.1, -0.05) is 12.1 Å². The van der Waals surface area contributed by atoms with Crippen LogP contribution in [0.5, 0.6) is 5.75 Å². The van der Waals surface area contributed by atoms with Crippen LogP contribution in [0.4, 0.5) is 0 Å². The summed E-state index contributed by atoms with van der Waals surface area (Å²) in [5.41, 5.74) is 1.79. The van der Waals surface area contributed by atoms with Crippen LogP contribution in [0, 0.1) is 5.92 Å². The Kier molecular flexibility index (Phi) is 5.03. The van der Waals surface area contributed by atoms with Gasteiger partial charge in [0.25, 0.3) is 0 Å². The number of rotatable bonds is 5. The Morgan fingerprint density at radius 2 is 2.00 bits per heavy atom. The van der Waals surface area contributed by atoms with Crippen molar-refractivity contribution in [3.63, 3.8) is 0 Å². The lowest BCUT2D eigenvalue weighted by Crippen LogP contribution is -2.33. The molecule has 0 saturated heterocycles. The van der Waals surface area contributed by atoms with Crippen molar-refractivity contribution in [2.24, 2.45) is 5.92 Å².